The number of ether oxygens (including phenoxy) is 1. The number of rotatable bonds is 5. The maximum Gasteiger partial charge on any atom is 0.328 e. The fourth-order valence-corrected chi connectivity index (χ4v) is 0.939. The molecule has 5 heteroatoms. The predicted molar refractivity (Wildman–Crippen MR) is 57.1 cm³/mol. The standard InChI is InChI=1S/C10H20N2O3/c1-5-15-10(14)7(4)12-9(13)8(11)6(2)3/h6-8H,5,11H2,1-4H3,(H,12,13)/t7?,8-/m1/s1. The molecular formula is C10H20N2O3. The first kappa shape index (κ1) is 13.9. The van der Waals surface area contributed by atoms with Gasteiger partial charge in [0, 0.05) is 0 Å². The third-order valence-corrected chi connectivity index (χ3v) is 2.02. The van der Waals surface area contributed by atoms with Crippen LogP contribution in [0.3, 0.4) is 0 Å². The van der Waals surface area contributed by atoms with Crippen molar-refractivity contribution in [1.29, 1.82) is 0 Å². The van der Waals surface area contributed by atoms with E-state index in [0.717, 1.165) is 0 Å². The molecule has 0 bridgehead atoms. The average molecular weight is 216 g/mol. The first-order valence-corrected chi connectivity index (χ1v) is 5.12. The summed E-state index contributed by atoms with van der Waals surface area (Å²) in [7, 11) is 0. The second-order valence-electron chi connectivity index (χ2n) is 3.75. The minimum atomic E-state index is -0.651. The topological polar surface area (TPSA) is 81.4 Å². The summed E-state index contributed by atoms with van der Waals surface area (Å²) in [5.41, 5.74) is 5.62. The van der Waals surface area contributed by atoms with Crippen molar-refractivity contribution in [2.24, 2.45) is 11.7 Å². The van der Waals surface area contributed by atoms with Crippen LogP contribution in [0.15, 0.2) is 0 Å². The Kier molecular flexibility index (Phi) is 5.93. The predicted octanol–water partition coefficient (Wildman–Crippen LogP) is 0.0375. The molecule has 0 aromatic heterocycles. The molecule has 0 fully saturated rings. The van der Waals surface area contributed by atoms with Gasteiger partial charge in [0.05, 0.1) is 12.6 Å². The quantitative estimate of drug-likeness (QED) is 0.636. The van der Waals surface area contributed by atoms with Gasteiger partial charge < -0.3 is 15.8 Å². The maximum absolute atomic E-state index is 11.5. The number of hydrogen-bond donors (Lipinski definition) is 2. The summed E-state index contributed by atoms with van der Waals surface area (Å²) in [5.74, 6) is -0.730. The number of esters is 1. The molecule has 1 unspecified atom stereocenters. The third-order valence-electron chi connectivity index (χ3n) is 2.02. The molecule has 0 saturated carbocycles. The Labute approximate surface area is 90.4 Å². The summed E-state index contributed by atoms with van der Waals surface area (Å²) in [6.07, 6.45) is 0. The van der Waals surface area contributed by atoms with Crippen LogP contribution >= 0.6 is 0 Å². The van der Waals surface area contributed by atoms with Gasteiger partial charge in [-0.05, 0) is 19.8 Å². The molecule has 0 heterocycles. The highest BCUT2D eigenvalue weighted by Gasteiger charge is 2.22. The molecule has 0 spiro atoms. The monoisotopic (exact) mass is 216 g/mol. The summed E-state index contributed by atoms with van der Waals surface area (Å²) in [6.45, 7) is 7.28. The van der Waals surface area contributed by atoms with Crippen LogP contribution in [0, 0.1) is 5.92 Å². The van der Waals surface area contributed by atoms with Gasteiger partial charge in [-0.25, -0.2) is 4.79 Å². The van der Waals surface area contributed by atoms with Gasteiger partial charge in [0.15, 0.2) is 0 Å². The van der Waals surface area contributed by atoms with E-state index in [4.69, 9.17) is 10.5 Å². The molecule has 1 amide bonds. The van der Waals surface area contributed by atoms with Crippen LogP contribution in [0.2, 0.25) is 0 Å². The Balaban J connectivity index is 4.12. The van der Waals surface area contributed by atoms with Gasteiger partial charge in [-0.1, -0.05) is 13.8 Å². The number of carbonyl (C=O) groups is 2. The van der Waals surface area contributed by atoms with E-state index in [2.05, 4.69) is 5.32 Å². The molecule has 3 N–H and O–H groups in total. The van der Waals surface area contributed by atoms with Gasteiger partial charge in [0.25, 0.3) is 0 Å². The number of nitrogens with two attached hydrogens (primary N) is 1. The van der Waals surface area contributed by atoms with Crippen molar-refractivity contribution in [1.82, 2.24) is 5.32 Å². The van der Waals surface area contributed by atoms with Crippen molar-refractivity contribution in [3.63, 3.8) is 0 Å². The molecule has 0 aromatic carbocycles. The minimum Gasteiger partial charge on any atom is -0.464 e. The lowest BCUT2D eigenvalue weighted by Gasteiger charge is -2.18. The highest BCUT2D eigenvalue weighted by Crippen LogP contribution is 1.99. The number of amides is 1. The summed E-state index contributed by atoms with van der Waals surface area (Å²) >= 11 is 0. The normalized spacial score (nSPS) is 14.5. The highest BCUT2D eigenvalue weighted by atomic mass is 16.5. The molecule has 88 valence electrons. The van der Waals surface area contributed by atoms with E-state index in [-0.39, 0.29) is 11.8 Å². The molecule has 2 atom stereocenters. The molecule has 0 aromatic rings. The lowest BCUT2D eigenvalue weighted by atomic mass is 10.0. The fraction of sp³-hybridized carbons (Fsp3) is 0.800. The van der Waals surface area contributed by atoms with Gasteiger partial charge in [-0.15, -0.1) is 0 Å². The molecule has 0 aliphatic rings. The molecule has 0 rings (SSSR count). The Hall–Kier alpha value is -1.10. The Morgan fingerprint density at radius 2 is 1.87 bits per heavy atom. The molecule has 0 aliphatic carbocycles. The number of carbonyl (C=O) groups excluding carboxylic acids is 2. The van der Waals surface area contributed by atoms with Crippen LogP contribution in [0.1, 0.15) is 27.7 Å². The molecule has 15 heavy (non-hydrogen) atoms. The van der Waals surface area contributed by atoms with E-state index in [9.17, 15) is 9.59 Å². The summed E-state index contributed by atoms with van der Waals surface area (Å²) in [4.78, 5) is 22.7. The van der Waals surface area contributed by atoms with Gasteiger partial charge in [0.1, 0.15) is 6.04 Å². The lowest BCUT2D eigenvalue weighted by molar-refractivity contribution is -0.147. The van der Waals surface area contributed by atoms with Crippen molar-refractivity contribution in [2.75, 3.05) is 6.61 Å². The van der Waals surface area contributed by atoms with Crippen molar-refractivity contribution in [3.8, 4) is 0 Å². The summed E-state index contributed by atoms with van der Waals surface area (Å²) < 4.78 is 4.75. The Bertz CT molecular complexity index is 229. The van der Waals surface area contributed by atoms with Crippen molar-refractivity contribution in [2.45, 2.75) is 39.8 Å². The van der Waals surface area contributed by atoms with Gasteiger partial charge in [0.2, 0.25) is 5.91 Å². The van der Waals surface area contributed by atoms with E-state index in [1.807, 2.05) is 13.8 Å². The highest BCUT2D eigenvalue weighted by molar-refractivity contribution is 5.87. The van der Waals surface area contributed by atoms with E-state index in [1.165, 1.54) is 0 Å². The summed E-state index contributed by atoms with van der Waals surface area (Å²) in [5, 5.41) is 2.51. The van der Waals surface area contributed by atoms with Crippen molar-refractivity contribution >= 4 is 11.9 Å². The Morgan fingerprint density at radius 1 is 1.33 bits per heavy atom. The fourth-order valence-electron chi connectivity index (χ4n) is 0.939. The SMILES string of the molecule is CCOC(=O)C(C)NC(=O)[C@H](N)C(C)C. The van der Waals surface area contributed by atoms with Crippen LogP contribution in [-0.4, -0.2) is 30.6 Å². The van der Waals surface area contributed by atoms with Crippen LogP contribution in [0.5, 0.6) is 0 Å². The van der Waals surface area contributed by atoms with Gasteiger partial charge in [-0.3, -0.25) is 4.79 Å². The molecule has 5 nitrogen and oxygen atoms in total. The second kappa shape index (κ2) is 6.40. The number of nitrogens with one attached hydrogen (secondary N) is 1. The van der Waals surface area contributed by atoms with Crippen LogP contribution in [0.25, 0.3) is 0 Å². The maximum atomic E-state index is 11.5. The lowest BCUT2D eigenvalue weighted by Crippen LogP contribution is -2.49. The Morgan fingerprint density at radius 3 is 2.27 bits per heavy atom. The molecular weight excluding hydrogens is 196 g/mol. The summed E-state index contributed by atoms with van der Waals surface area (Å²) in [6, 6.07) is -1.25. The first-order chi connectivity index (χ1) is 6.90. The van der Waals surface area contributed by atoms with E-state index >= 15 is 0 Å². The number of hydrogen-bond acceptors (Lipinski definition) is 4. The zero-order chi connectivity index (χ0) is 12.0. The third kappa shape index (κ3) is 4.78. The molecule has 0 saturated heterocycles. The molecule has 0 radical (unpaired) electrons. The minimum absolute atomic E-state index is 0.0411. The van der Waals surface area contributed by atoms with Crippen LogP contribution in [0.4, 0.5) is 0 Å². The molecule has 0 aliphatic heterocycles. The van der Waals surface area contributed by atoms with Crippen molar-refractivity contribution in [3.05, 3.63) is 0 Å². The first-order valence-electron chi connectivity index (χ1n) is 5.12. The zero-order valence-corrected chi connectivity index (χ0v) is 9.74. The van der Waals surface area contributed by atoms with Crippen molar-refractivity contribution < 1.29 is 14.3 Å². The van der Waals surface area contributed by atoms with E-state index in [0.29, 0.717) is 6.61 Å². The second-order valence-corrected chi connectivity index (χ2v) is 3.75. The smallest absolute Gasteiger partial charge is 0.328 e. The average Bonchev–Trinajstić information content (AvgIpc) is 2.16. The van der Waals surface area contributed by atoms with E-state index in [1.54, 1.807) is 13.8 Å². The van der Waals surface area contributed by atoms with Gasteiger partial charge in [-0.2, -0.15) is 0 Å². The van der Waals surface area contributed by atoms with E-state index < -0.39 is 18.1 Å². The zero-order valence-electron chi connectivity index (χ0n) is 9.74. The van der Waals surface area contributed by atoms with Crippen LogP contribution < -0.4 is 11.1 Å². The van der Waals surface area contributed by atoms with Crippen LogP contribution in [-0.2, 0) is 14.3 Å². The largest absolute Gasteiger partial charge is 0.464 e. The van der Waals surface area contributed by atoms with Gasteiger partial charge >= 0.3 is 5.97 Å².